The molecule has 1 aliphatic carbocycles. The Balaban J connectivity index is 2.28. The van der Waals surface area contributed by atoms with Crippen LogP contribution in [0.5, 0.6) is 0 Å². The van der Waals surface area contributed by atoms with Crippen molar-refractivity contribution in [1.29, 1.82) is 0 Å². The molecule has 1 heterocycles. The van der Waals surface area contributed by atoms with Gasteiger partial charge in [-0.15, -0.1) is 0 Å². The number of aliphatic hydroxyl groups excluding tert-OH is 1. The van der Waals surface area contributed by atoms with Crippen LogP contribution in [0.3, 0.4) is 0 Å². The van der Waals surface area contributed by atoms with Gasteiger partial charge in [0.1, 0.15) is 5.76 Å². The van der Waals surface area contributed by atoms with E-state index in [1.807, 2.05) is 0 Å². The smallest absolute Gasteiger partial charge is 0.475 e. The molecule has 0 spiro atoms. The van der Waals surface area contributed by atoms with Gasteiger partial charge in [-0.2, -0.15) is 22.0 Å². The number of alkyl halides is 5. The number of hydrogen-bond donors (Lipinski definition) is 1. The molecule has 23 heavy (non-hydrogen) atoms. The van der Waals surface area contributed by atoms with Crippen LogP contribution in [-0.4, -0.2) is 17.3 Å². The average molecular weight is 374 g/mol. The van der Waals surface area contributed by atoms with Crippen molar-refractivity contribution in [3.63, 3.8) is 0 Å². The lowest BCUT2D eigenvalue weighted by Crippen LogP contribution is -2.51. The summed E-state index contributed by atoms with van der Waals surface area (Å²) in [7, 11) is 0. The van der Waals surface area contributed by atoms with E-state index >= 15 is 0 Å². The summed E-state index contributed by atoms with van der Waals surface area (Å²) in [6.07, 6.45) is -4.94. The average Bonchev–Trinajstić information content (AvgIpc) is 2.74. The topological polar surface area (TPSA) is 23.5 Å². The molecular formula is C14H10Cl2F5NO. The van der Waals surface area contributed by atoms with Crippen molar-refractivity contribution in [2.24, 2.45) is 0 Å². The van der Waals surface area contributed by atoms with Crippen molar-refractivity contribution in [2.75, 3.05) is 4.90 Å². The molecule has 0 radical (unpaired) electrons. The van der Waals surface area contributed by atoms with Crippen LogP contribution in [0.1, 0.15) is 30.7 Å². The molecule has 0 fully saturated rings. The predicted molar refractivity (Wildman–Crippen MR) is 76.2 cm³/mol. The SMILES string of the molecule is OC1=C2C(CCC1)c1cc(Cl)c(Cl)cc1N2C(F)(F)C(F)(F)F. The fraction of sp³-hybridized carbons (Fsp3) is 0.429. The van der Waals surface area contributed by atoms with Gasteiger partial charge in [0, 0.05) is 12.3 Å². The molecule has 1 aromatic rings. The zero-order valence-electron chi connectivity index (χ0n) is 11.4. The number of halogens is 7. The third kappa shape index (κ3) is 2.36. The highest BCUT2D eigenvalue weighted by Gasteiger charge is 2.65. The van der Waals surface area contributed by atoms with E-state index in [2.05, 4.69) is 0 Å². The Morgan fingerprint density at radius 2 is 1.70 bits per heavy atom. The van der Waals surface area contributed by atoms with Crippen molar-refractivity contribution < 1.29 is 27.1 Å². The minimum Gasteiger partial charge on any atom is -0.510 e. The first-order valence-corrected chi connectivity index (χ1v) is 7.47. The maximum absolute atomic E-state index is 14.1. The summed E-state index contributed by atoms with van der Waals surface area (Å²) in [5.74, 6) is -1.23. The molecule has 1 aromatic carbocycles. The van der Waals surface area contributed by atoms with Crippen LogP contribution in [0.4, 0.5) is 27.6 Å². The Kier molecular flexibility index (Phi) is 3.72. The standard InChI is InChI=1S/C14H10Cl2F5NO/c15-8-4-7-6-2-1-3-11(23)12(6)22(10(7)5-9(8)16)14(20,21)13(17,18)19/h4-6,23H,1-3H2. The number of fused-ring (bicyclic) bond motifs is 3. The molecule has 0 amide bonds. The van der Waals surface area contributed by atoms with Crippen LogP contribution < -0.4 is 4.90 Å². The summed E-state index contributed by atoms with van der Waals surface area (Å²) < 4.78 is 66.8. The predicted octanol–water partition coefficient (Wildman–Crippen LogP) is 6.01. The number of anilines is 1. The number of aliphatic hydroxyl groups is 1. The third-order valence-electron chi connectivity index (χ3n) is 4.08. The number of hydrogen-bond acceptors (Lipinski definition) is 2. The molecular weight excluding hydrogens is 364 g/mol. The van der Waals surface area contributed by atoms with E-state index in [0.29, 0.717) is 12.8 Å². The molecule has 1 N–H and O–H groups in total. The molecule has 1 aliphatic heterocycles. The zero-order valence-corrected chi connectivity index (χ0v) is 12.9. The summed E-state index contributed by atoms with van der Waals surface area (Å²) in [6, 6.07) is -2.90. The second kappa shape index (κ2) is 5.14. The molecule has 0 aromatic heterocycles. The summed E-state index contributed by atoms with van der Waals surface area (Å²) >= 11 is 11.7. The van der Waals surface area contributed by atoms with Gasteiger partial charge < -0.3 is 5.11 Å². The van der Waals surface area contributed by atoms with E-state index in [1.54, 1.807) is 0 Å². The number of nitrogens with zero attached hydrogens (tertiary/aromatic N) is 1. The van der Waals surface area contributed by atoms with Gasteiger partial charge in [0.2, 0.25) is 0 Å². The van der Waals surface area contributed by atoms with Gasteiger partial charge in [-0.3, -0.25) is 4.90 Å². The number of rotatable bonds is 1. The van der Waals surface area contributed by atoms with E-state index in [1.165, 1.54) is 6.07 Å². The molecule has 9 heteroatoms. The van der Waals surface area contributed by atoms with Crippen LogP contribution in [0.2, 0.25) is 10.0 Å². The van der Waals surface area contributed by atoms with Crippen molar-refractivity contribution in [2.45, 2.75) is 37.4 Å². The Labute approximate surface area is 138 Å². The summed E-state index contributed by atoms with van der Waals surface area (Å²) in [6.45, 7) is 0. The lowest BCUT2D eigenvalue weighted by molar-refractivity contribution is -0.279. The highest BCUT2D eigenvalue weighted by Crippen LogP contribution is 2.57. The van der Waals surface area contributed by atoms with E-state index < -0.39 is 29.6 Å². The first-order valence-electron chi connectivity index (χ1n) is 6.71. The number of allylic oxidation sites excluding steroid dienone is 2. The Hall–Kier alpha value is -1.21. The van der Waals surface area contributed by atoms with E-state index in [9.17, 15) is 27.1 Å². The minimum atomic E-state index is -5.81. The highest BCUT2D eigenvalue weighted by atomic mass is 35.5. The van der Waals surface area contributed by atoms with Gasteiger partial charge in [0.05, 0.1) is 21.4 Å². The second-order valence-electron chi connectivity index (χ2n) is 5.48. The van der Waals surface area contributed by atoms with Gasteiger partial charge in [-0.1, -0.05) is 23.2 Å². The van der Waals surface area contributed by atoms with Crippen molar-refractivity contribution in [3.8, 4) is 0 Å². The summed E-state index contributed by atoms with van der Waals surface area (Å²) in [4.78, 5) is -0.149. The van der Waals surface area contributed by atoms with E-state index in [4.69, 9.17) is 23.2 Å². The molecule has 126 valence electrons. The molecule has 0 saturated carbocycles. The molecule has 2 nitrogen and oxygen atoms in total. The molecule has 1 unspecified atom stereocenters. The first-order chi connectivity index (χ1) is 10.6. The van der Waals surface area contributed by atoms with Gasteiger partial charge in [-0.25, -0.2) is 0 Å². The Bertz CT molecular complexity index is 701. The minimum absolute atomic E-state index is 0.0473. The van der Waals surface area contributed by atoms with Crippen LogP contribution in [0.25, 0.3) is 0 Å². The van der Waals surface area contributed by atoms with Crippen LogP contribution in [0, 0.1) is 0 Å². The summed E-state index contributed by atoms with van der Waals surface area (Å²) in [5, 5.41) is 9.89. The molecule has 2 aliphatic rings. The maximum Gasteiger partial charge on any atom is 0.475 e. The fourth-order valence-electron chi connectivity index (χ4n) is 3.11. The van der Waals surface area contributed by atoms with Crippen molar-refractivity contribution in [3.05, 3.63) is 39.2 Å². The largest absolute Gasteiger partial charge is 0.510 e. The number of benzene rings is 1. The molecule has 1 atom stereocenters. The first kappa shape index (κ1) is 16.6. The van der Waals surface area contributed by atoms with E-state index in [-0.39, 0.29) is 32.6 Å². The van der Waals surface area contributed by atoms with Crippen molar-refractivity contribution in [1.82, 2.24) is 0 Å². The maximum atomic E-state index is 14.1. The van der Waals surface area contributed by atoms with E-state index in [0.717, 1.165) is 6.07 Å². The molecule has 3 rings (SSSR count). The van der Waals surface area contributed by atoms with Crippen LogP contribution in [-0.2, 0) is 0 Å². The molecule has 0 bridgehead atoms. The lowest BCUT2D eigenvalue weighted by Gasteiger charge is -2.34. The molecule has 0 saturated heterocycles. The third-order valence-corrected chi connectivity index (χ3v) is 4.80. The van der Waals surface area contributed by atoms with Gasteiger partial charge in [-0.05, 0) is 30.5 Å². The lowest BCUT2D eigenvalue weighted by atomic mass is 9.88. The zero-order chi connectivity index (χ0) is 17.2. The van der Waals surface area contributed by atoms with Crippen molar-refractivity contribution >= 4 is 28.9 Å². The fourth-order valence-corrected chi connectivity index (χ4v) is 3.44. The van der Waals surface area contributed by atoms with Crippen LogP contribution >= 0.6 is 23.2 Å². The van der Waals surface area contributed by atoms with Gasteiger partial charge in [0.25, 0.3) is 0 Å². The second-order valence-corrected chi connectivity index (χ2v) is 6.29. The quantitative estimate of drug-likeness (QED) is 0.481. The summed E-state index contributed by atoms with van der Waals surface area (Å²) in [5.41, 5.74) is -0.591. The van der Waals surface area contributed by atoms with Crippen LogP contribution in [0.15, 0.2) is 23.6 Å². The Morgan fingerprint density at radius 1 is 1.09 bits per heavy atom. The Morgan fingerprint density at radius 3 is 2.30 bits per heavy atom. The van der Waals surface area contributed by atoms with Gasteiger partial charge in [0.15, 0.2) is 0 Å². The monoisotopic (exact) mass is 373 g/mol. The normalized spacial score (nSPS) is 21.5. The van der Waals surface area contributed by atoms with Gasteiger partial charge >= 0.3 is 12.2 Å². The highest BCUT2D eigenvalue weighted by molar-refractivity contribution is 6.42.